The van der Waals surface area contributed by atoms with Gasteiger partial charge in [0.05, 0.1) is 0 Å². The predicted octanol–water partition coefficient (Wildman–Crippen LogP) is 2.51. The molecular weight excluding hydrogens is 218 g/mol. The molecule has 1 atom stereocenters. The lowest BCUT2D eigenvalue weighted by Crippen LogP contribution is -2.20. The number of nitrogens with zero attached hydrogens (tertiary/aromatic N) is 1. The Morgan fingerprint density at radius 2 is 1.94 bits per heavy atom. The third-order valence-corrected chi connectivity index (χ3v) is 3.51. The Morgan fingerprint density at radius 1 is 1.12 bits per heavy atom. The highest BCUT2D eigenvalue weighted by Crippen LogP contribution is 2.38. The van der Waals surface area contributed by atoms with Gasteiger partial charge < -0.3 is 11.1 Å². The molecule has 0 amide bonds. The monoisotopic (exact) mass is 229 g/mol. The van der Waals surface area contributed by atoms with Gasteiger partial charge in [0.25, 0.3) is 0 Å². The second-order valence-corrected chi connectivity index (χ2v) is 4.81. The number of aromatic nitrogens is 1. The summed E-state index contributed by atoms with van der Waals surface area (Å²) in [5.41, 5.74) is 9.29. The molecule has 1 aliphatic rings. The normalized spacial score (nSPS) is 17.9. The molecule has 0 bridgehead atoms. The third kappa shape index (κ3) is 1.66. The van der Waals surface area contributed by atoms with E-state index in [1.54, 1.807) is 24.2 Å². The lowest BCUT2D eigenvalue weighted by atomic mass is 10.1. The van der Waals surface area contributed by atoms with Crippen LogP contribution in [0.25, 0.3) is 11.1 Å². The molecule has 0 fully saturated rings. The Labute approximate surface area is 98.1 Å². The molecule has 0 spiro atoms. The van der Waals surface area contributed by atoms with Crippen LogP contribution in [0.5, 0.6) is 0 Å². The van der Waals surface area contributed by atoms with Crippen LogP contribution >= 0.6 is 11.8 Å². The van der Waals surface area contributed by atoms with Crippen molar-refractivity contribution in [2.75, 3.05) is 5.32 Å². The summed E-state index contributed by atoms with van der Waals surface area (Å²) in [5.74, 6) is 0. The number of pyridine rings is 1. The first-order chi connectivity index (χ1) is 7.83. The Bertz CT molecular complexity index is 513. The van der Waals surface area contributed by atoms with Crippen molar-refractivity contribution in [2.24, 2.45) is 5.73 Å². The van der Waals surface area contributed by atoms with Crippen molar-refractivity contribution in [3.05, 3.63) is 42.7 Å². The molecule has 16 heavy (non-hydrogen) atoms. The number of nitrogens with two attached hydrogens (primary N) is 1. The topological polar surface area (TPSA) is 50.9 Å². The summed E-state index contributed by atoms with van der Waals surface area (Å²) in [6, 6.07) is 10.4. The van der Waals surface area contributed by atoms with Crippen LogP contribution < -0.4 is 11.1 Å². The molecule has 3 rings (SSSR count). The van der Waals surface area contributed by atoms with E-state index in [0.29, 0.717) is 0 Å². The zero-order valence-corrected chi connectivity index (χ0v) is 9.37. The zero-order valence-electron chi connectivity index (χ0n) is 8.55. The molecule has 1 aromatic carbocycles. The molecule has 80 valence electrons. The van der Waals surface area contributed by atoms with Crippen LogP contribution in [-0.4, -0.2) is 10.5 Å². The number of anilines is 1. The van der Waals surface area contributed by atoms with Gasteiger partial charge in [-0.2, -0.15) is 0 Å². The van der Waals surface area contributed by atoms with Crippen molar-refractivity contribution >= 4 is 17.4 Å². The lowest BCUT2D eigenvalue weighted by molar-refractivity contribution is 1.08. The summed E-state index contributed by atoms with van der Waals surface area (Å²) in [6.07, 6.45) is 3.61. The van der Waals surface area contributed by atoms with Crippen LogP contribution in [0.15, 0.2) is 47.6 Å². The second-order valence-electron chi connectivity index (χ2n) is 3.63. The molecule has 1 aliphatic heterocycles. The van der Waals surface area contributed by atoms with E-state index in [1.165, 1.54) is 16.0 Å². The molecule has 0 radical (unpaired) electrons. The fourth-order valence-corrected chi connectivity index (χ4v) is 2.69. The summed E-state index contributed by atoms with van der Waals surface area (Å²) >= 11 is 1.65. The van der Waals surface area contributed by atoms with Crippen LogP contribution in [0.4, 0.5) is 5.69 Å². The minimum atomic E-state index is -0.0253. The predicted molar refractivity (Wildman–Crippen MR) is 67.1 cm³/mol. The fraction of sp³-hybridized carbons (Fsp3) is 0.0833. The van der Waals surface area contributed by atoms with Gasteiger partial charge in [0.15, 0.2) is 0 Å². The number of thioether (sulfide) groups is 1. The summed E-state index contributed by atoms with van der Waals surface area (Å²) in [6.45, 7) is 0. The molecule has 1 aromatic heterocycles. The van der Waals surface area contributed by atoms with Crippen LogP contribution in [0.1, 0.15) is 0 Å². The highest BCUT2D eigenvalue weighted by Gasteiger charge is 2.17. The highest BCUT2D eigenvalue weighted by atomic mass is 32.2. The Balaban J connectivity index is 2.03. The van der Waals surface area contributed by atoms with Crippen LogP contribution in [0.2, 0.25) is 0 Å². The van der Waals surface area contributed by atoms with E-state index in [9.17, 15) is 0 Å². The molecule has 2 aromatic rings. The minimum Gasteiger partial charge on any atom is -0.360 e. The van der Waals surface area contributed by atoms with Crippen LogP contribution in [0.3, 0.4) is 0 Å². The standard InChI is InChI=1S/C12H11N3S/c13-12-15-10-2-1-9(7-11(10)16-12)8-3-5-14-6-4-8/h1-7,12,15H,13H2. The minimum absolute atomic E-state index is 0.0253. The summed E-state index contributed by atoms with van der Waals surface area (Å²) in [4.78, 5) is 5.23. The fourth-order valence-electron chi connectivity index (χ4n) is 1.78. The van der Waals surface area contributed by atoms with E-state index in [-0.39, 0.29) is 5.50 Å². The number of hydrogen-bond donors (Lipinski definition) is 2. The van der Waals surface area contributed by atoms with Crippen molar-refractivity contribution in [1.29, 1.82) is 0 Å². The maximum absolute atomic E-state index is 5.82. The van der Waals surface area contributed by atoms with Gasteiger partial charge in [-0.25, -0.2) is 0 Å². The molecular formula is C12H11N3S. The number of fused-ring (bicyclic) bond motifs is 1. The number of hydrogen-bond acceptors (Lipinski definition) is 4. The maximum Gasteiger partial charge on any atom is 0.127 e. The SMILES string of the molecule is NC1Nc2ccc(-c3ccncc3)cc2S1. The first-order valence-corrected chi connectivity index (χ1v) is 5.94. The molecule has 1 unspecified atom stereocenters. The first kappa shape index (κ1) is 9.69. The lowest BCUT2D eigenvalue weighted by Gasteiger charge is -2.03. The molecule has 2 heterocycles. The van der Waals surface area contributed by atoms with E-state index >= 15 is 0 Å². The molecule has 0 saturated carbocycles. The molecule has 0 saturated heterocycles. The number of benzene rings is 1. The van der Waals surface area contributed by atoms with Crippen LogP contribution in [0, 0.1) is 0 Å². The summed E-state index contributed by atoms with van der Waals surface area (Å²) in [5, 5.41) is 3.20. The van der Waals surface area contributed by atoms with Gasteiger partial charge in [-0.15, -0.1) is 0 Å². The van der Waals surface area contributed by atoms with Gasteiger partial charge in [0.2, 0.25) is 0 Å². The summed E-state index contributed by atoms with van der Waals surface area (Å²) < 4.78 is 0. The van der Waals surface area contributed by atoms with E-state index in [1.807, 2.05) is 12.1 Å². The quantitative estimate of drug-likeness (QED) is 0.789. The first-order valence-electron chi connectivity index (χ1n) is 5.06. The molecule has 0 aliphatic carbocycles. The third-order valence-electron chi connectivity index (χ3n) is 2.55. The molecule has 3 N–H and O–H groups in total. The smallest absolute Gasteiger partial charge is 0.127 e. The van der Waals surface area contributed by atoms with Gasteiger partial charge in [-0.05, 0) is 35.4 Å². The van der Waals surface area contributed by atoms with Crippen molar-refractivity contribution < 1.29 is 0 Å². The Morgan fingerprint density at radius 3 is 2.75 bits per heavy atom. The number of rotatable bonds is 1. The van der Waals surface area contributed by atoms with Gasteiger partial charge in [0, 0.05) is 23.0 Å². The van der Waals surface area contributed by atoms with Gasteiger partial charge in [-0.1, -0.05) is 17.8 Å². The summed E-state index contributed by atoms with van der Waals surface area (Å²) in [7, 11) is 0. The van der Waals surface area contributed by atoms with E-state index in [2.05, 4.69) is 28.5 Å². The van der Waals surface area contributed by atoms with Crippen molar-refractivity contribution in [3.63, 3.8) is 0 Å². The Kier molecular flexibility index (Phi) is 2.31. The molecule has 4 heteroatoms. The Hall–Kier alpha value is -1.52. The number of nitrogens with one attached hydrogen (secondary N) is 1. The van der Waals surface area contributed by atoms with Crippen molar-refractivity contribution in [1.82, 2.24) is 4.98 Å². The van der Waals surface area contributed by atoms with Gasteiger partial charge in [0.1, 0.15) is 5.50 Å². The van der Waals surface area contributed by atoms with Gasteiger partial charge in [-0.3, -0.25) is 4.98 Å². The average Bonchev–Trinajstić information content (AvgIpc) is 2.69. The molecule has 3 nitrogen and oxygen atoms in total. The van der Waals surface area contributed by atoms with E-state index < -0.39 is 0 Å². The van der Waals surface area contributed by atoms with Crippen LogP contribution in [-0.2, 0) is 0 Å². The van der Waals surface area contributed by atoms with Crippen molar-refractivity contribution in [2.45, 2.75) is 10.4 Å². The second kappa shape index (κ2) is 3.81. The van der Waals surface area contributed by atoms with E-state index in [4.69, 9.17) is 5.73 Å². The zero-order chi connectivity index (χ0) is 11.0. The van der Waals surface area contributed by atoms with Crippen molar-refractivity contribution in [3.8, 4) is 11.1 Å². The highest BCUT2D eigenvalue weighted by molar-refractivity contribution is 8.00. The van der Waals surface area contributed by atoms with Gasteiger partial charge >= 0.3 is 0 Å². The maximum atomic E-state index is 5.82. The van der Waals surface area contributed by atoms with E-state index in [0.717, 1.165) is 5.69 Å². The average molecular weight is 229 g/mol. The largest absolute Gasteiger partial charge is 0.360 e.